The minimum Gasteiger partial charge on any atom is -0.504 e. The zero-order chi connectivity index (χ0) is 12.1. The molecule has 0 fully saturated rings. The third kappa shape index (κ3) is 2.77. The van der Waals surface area contributed by atoms with Gasteiger partial charge in [0.1, 0.15) is 5.69 Å². The second kappa shape index (κ2) is 5.92. The molecule has 92 valence electrons. The van der Waals surface area contributed by atoms with Crippen LogP contribution in [0.4, 0.5) is 0 Å². The highest BCUT2D eigenvalue weighted by Gasteiger charge is 2.18. The molecule has 0 amide bonds. The summed E-state index contributed by atoms with van der Waals surface area (Å²) in [5.74, 6) is 0.718. The lowest BCUT2D eigenvalue weighted by Crippen LogP contribution is -2.05. The SMILES string of the molecule is CCCCc1c(O)c(C(C)C)nn1CCC. The van der Waals surface area contributed by atoms with Crippen molar-refractivity contribution in [3.63, 3.8) is 0 Å². The van der Waals surface area contributed by atoms with Crippen molar-refractivity contribution in [2.45, 2.75) is 65.8 Å². The van der Waals surface area contributed by atoms with Crippen molar-refractivity contribution in [3.05, 3.63) is 11.4 Å². The topological polar surface area (TPSA) is 38.1 Å². The normalized spacial score (nSPS) is 11.3. The highest BCUT2D eigenvalue weighted by Crippen LogP contribution is 2.29. The van der Waals surface area contributed by atoms with Crippen molar-refractivity contribution in [2.75, 3.05) is 0 Å². The molecule has 1 heterocycles. The van der Waals surface area contributed by atoms with Crippen LogP contribution in [0.25, 0.3) is 0 Å². The molecule has 1 aromatic heterocycles. The van der Waals surface area contributed by atoms with Gasteiger partial charge in [0.15, 0.2) is 5.75 Å². The van der Waals surface area contributed by atoms with E-state index in [4.69, 9.17) is 0 Å². The molecule has 0 aromatic carbocycles. The Hall–Kier alpha value is -0.990. The molecule has 3 heteroatoms. The fourth-order valence-corrected chi connectivity index (χ4v) is 1.89. The molecule has 16 heavy (non-hydrogen) atoms. The van der Waals surface area contributed by atoms with Gasteiger partial charge >= 0.3 is 0 Å². The Morgan fingerprint density at radius 1 is 1.25 bits per heavy atom. The molecule has 0 saturated heterocycles. The Kier molecular flexibility index (Phi) is 4.84. The number of rotatable bonds is 6. The van der Waals surface area contributed by atoms with Crippen LogP contribution < -0.4 is 0 Å². The van der Waals surface area contributed by atoms with Gasteiger partial charge in [-0.25, -0.2) is 0 Å². The largest absolute Gasteiger partial charge is 0.504 e. The zero-order valence-corrected chi connectivity index (χ0v) is 11.0. The second-order valence-electron chi connectivity index (χ2n) is 4.66. The lowest BCUT2D eigenvalue weighted by Gasteiger charge is -2.05. The van der Waals surface area contributed by atoms with Gasteiger partial charge in [-0.05, 0) is 19.3 Å². The van der Waals surface area contributed by atoms with Gasteiger partial charge in [-0.15, -0.1) is 0 Å². The summed E-state index contributed by atoms with van der Waals surface area (Å²) in [6.45, 7) is 9.35. The van der Waals surface area contributed by atoms with Crippen molar-refractivity contribution in [2.24, 2.45) is 0 Å². The Bertz CT molecular complexity index is 329. The summed E-state index contributed by atoms with van der Waals surface area (Å²) in [4.78, 5) is 0. The first-order chi connectivity index (χ1) is 7.61. The minimum atomic E-state index is 0.290. The summed E-state index contributed by atoms with van der Waals surface area (Å²) < 4.78 is 1.99. The first-order valence-corrected chi connectivity index (χ1v) is 6.40. The van der Waals surface area contributed by atoms with Crippen LogP contribution >= 0.6 is 0 Å². The summed E-state index contributed by atoms with van der Waals surface area (Å²) in [5.41, 5.74) is 1.87. The van der Waals surface area contributed by atoms with Gasteiger partial charge in [0.2, 0.25) is 0 Å². The molecule has 0 aliphatic heterocycles. The van der Waals surface area contributed by atoms with Gasteiger partial charge in [0.25, 0.3) is 0 Å². The van der Waals surface area contributed by atoms with E-state index in [0.717, 1.165) is 43.6 Å². The molecule has 0 saturated carbocycles. The molecule has 1 rings (SSSR count). The van der Waals surface area contributed by atoms with Gasteiger partial charge in [0, 0.05) is 12.5 Å². The smallest absolute Gasteiger partial charge is 0.160 e. The van der Waals surface area contributed by atoms with Crippen LogP contribution in [0.1, 0.15) is 64.3 Å². The quantitative estimate of drug-likeness (QED) is 0.803. The Balaban J connectivity index is 3.00. The Morgan fingerprint density at radius 2 is 1.94 bits per heavy atom. The van der Waals surface area contributed by atoms with Gasteiger partial charge in [-0.2, -0.15) is 5.10 Å². The second-order valence-corrected chi connectivity index (χ2v) is 4.66. The molecule has 0 bridgehead atoms. The van der Waals surface area contributed by atoms with Crippen LogP contribution in [0, 0.1) is 0 Å². The van der Waals surface area contributed by atoms with Crippen LogP contribution in [-0.4, -0.2) is 14.9 Å². The standard InChI is InChI=1S/C13H24N2O/c1-5-7-8-11-13(16)12(10(3)4)14-15(11)9-6-2/h10,16H,5-9H2,1-4H3. The van der Waals surface area contributed by atoms with Gasteiger partial charge in [0.05, 0.1) is 5.69 Å². The van der Waals surface area contributed by atoms with Gasteiger partial charge in [-0.1, -0.05) is 34.1 Å². The van der Waals surface area contributed by atoms with E-state index in [9.17, 15) is 5.11 Å². The van der Waals surface area contributed by atoms with Crippen molar-refractivity contribution >= 4 is 0 Å². The summed E-state index contributed by atoms with van der Waals surface area (Å²) >= 11 is 0. The molecule has 0 aliphatic rings. The zero-order valence-electron chi connectivity index (χ0n) is 11.0. The summed E-state index contributed by atoms with van der Waals surface area (Å²) in [6, 6.07) is 0. The summed E-state index contributed by atoms with van der Waals surface area (Å²) in [6.07, 6.45) is 4.24. The van der Waals surface area contributed by atoms with E-state index in [1.807, 2.05) is 4.68 Å². The number of hydrogen-bond donors (Lipinski definition) is 1. The van der Waals surface area contributed by atoms with E-state index in [2.05, 4.69) is 32.8 Å². The number of nitrogens with zero attached hydrogens (tertiary/aromatic N) is 2. The van der Waals surface area contributed by atoms with Crippen molar-refractivity contribution < 1.29 is 5.11 Å². The summed E-state index contributed by atoms with van der Waals surface area (Å²) in [5, 5.41) is 14.7. The summed E-state index contributed by atoms with van der Waals surface area (Å²) in [7, 11) is 0. The van der Waals surface area contributed by atoms with Crippen LogP contribution in [-0.2, 0) is 13.0 Å². The lowest BCUT2D eigenvalue weighted by molar-refractivity contribution is 0.453. The molecule has 0 atom stereocenters. The monoisotopic (exact) mass is 224 g/mol. The van der Waals surface area contributed by atoms with Crippen molar-refractivity contribution in [3.8, 4) is 5.75 Å². The van der Waals surface area contributed by atoms with Crippen LogP contribution in [0.3, 0.4) is 0 Å². The van der Waals surface area contributed by atoms with E-state index in [-0.39, 0.29) is 0 Å². The first kappa shape index (κ1) is 13.1. The predicted octanol–water partition coefficient (Wildman–Crippen LogP) is 3.46. The van der Waals surface area contributed by atoms with Crippen LogP contribution in [0.2, 0.25) is 0 Å². The minimum absolute atomic E-state index is 0.290. The fourth-order valence-electron chi connectivity index (χ4n) is 1.89. The highest BCUT2D eigenvalue weighted by molar-refractivity contribution is 5.34. The van der Waals surface area contributed by atoms with Crippen molar-refractivity contribution in [1.29, 1.82) is 0 Å². The molecule has 0 unspecified atom stereocenters. The predicted molar refractivity (Wildman–Crippen MR) is 66.9 cm³/mol. The third-order valence-corrected chi connectivity index (χ3v) is 2.81. The third-order valence-electron chi connectivity index (χ3n) is 2.81. The number of hydrogen-bond acceptors (Lipinski definition) is 2. The molecular weight excluding hydrogens is 200 g/mol. The molecular formula is C13H24N2O. The Morgan fingerprint density at radius 3 is 2.44 bits per heavy atom. The van der Waals surface area contributed by atoms with E-state index >= 15 is 0 Å². The maximum atomic E-state index is 10.1. The fraction of sp³-hybridized carbons (Fsp3) is 0.769. The number of aryl methyl sites for hydroxylation is 1. The first-order valence-electron chi connectivity index (χ1n) is 6.40. The molecule has 0 aliphatic carbocycles. The Labute approximate surface area is 98.5 Å². The average molecular weight is 224 g/mol. The molecule has 0 radical (unpaired) electrons. The number of aromatic nitrogens is 2. The highest BCUT2D eigenvalue weighted by atomic mass is 16.3. The van der Waals surface area contributed by atoms with Gasteiger partial charge < -0.3 is 5.11 Å². The maximum absolute atomic E-state index is 10.1. The van der Waals surface area contributed by atoms with Crippen LogP contribution in [0.5, 0.6) is 5.75 Å². The van der Waals surface area contributed by atoms with Crippen LogP contribution in [0.15, 0.2) is 0 Å². The molecule has 3 nitrogen and oxygen atoms in total. The lowest BCUT2D eigenvalue weighted by atomic mass is 10.1. The molecule has 1 N–H and O–H groups in total. The van der Waals surface area contributed by atoms with E-state index in [1.54, 1.807) is 0 Å². The van der Waals surface area contributed by atoms with E-state index < -0.39 is 0 Å². The number of unbranched alkanes of at least 4 members (excludes halogenated alkanes) is 1. The van der Waals surface area contributed by atoms with Gasteiger partial charge in [-0.3, -0.25) is 4.68 Å². The average Bonchev–Trinajstić information content (AvgIpc) is 2.54. The van der Waals surface area contributed by atoms with Crippen molar-refractivity contribution in [1.82, 2.24) is 9.78 Å². The number of aromatic hydroxyl groups is 1. The molecule has 0 spiro atoms. The maximum Gasteiger partial charge on any atom is 0.160 e. The molecule has 1 aromatic rings. The van der Waals surface area contributed by atoms with E-state index in [0.29, 0.717) is 11.7 Å². The van der Waals surface area contributed by atoms with E-state index in [1.165, 1.54) is 0 Å².